The fraction of sp³-hybridized carbons (Fsp3) is 0.160. The molecule has 8 nitrogen and oxygen atoms in total. The van der Waals surface area contributed by atoms with E-state index in [2.05, 4.69) is 5.32 Å². The molecule has 1 atom stereocenters. The number of rotatable bonds is 9. The van der Waals surface area contributed by atoms with Gasteiger partial charge in [-0.25, -0.2) is 14.4 Å². The highest BCUT2D eigenvalue weighted by Gasteiger charge is 2.22. The van der Waals surface area contributed by atoms with Crippen molar-refractivity contribution in [2.45, 2.75) is 25.7 Å². The minimum atomic E-state index is -1.20. The number of carboxylic acid groups (broad SMARTS) is 1. The summed E-state index contributed by atoms with van der Waals surface area (Å²) in [7, 11) is 0. The van der Waals surface area contributed by atoms with E-state index >= 15 is 0 Å². The van der Waals surface area contributed by atoms with E-state index in [9.17, 15) is 19.5 Å². The molecular formula is C25H22INO7. The molecule has 9 heteroatoms. The zero-order valence-electron chi connectivity index (χ0n) is 18.0. The summed E-state index contributed by atoms with van der Waals surface area (Å²) in [6.07, 6.45) is -1.65. The van der Waals surface area contributed by atoms with Crippen molar-refractivity contribution in [2.75, 3.05) is 0 Å². The second kappa shape index (κ2) is 12.6. The SMILES string of the molecule is O=C(N[C@@H](Cc1ccc(OC(=O)OCc2ccccc2)c(I)c1)C(=O)O)OCc1ccccc1. The number of hydrogen-bond donors (Lipinski definition) is 2. The smallest absolute Gasteiger partial charge is 0.480 e. The molecule has 3 aromatic rings. The van der Waals surface area contributed by atoms with Crippen LogP contribution in [0.15, 0.2) is 78.9 Å². The van der Waals surface area contributed by atoms with E-state index in [0.29, 0.717) is 9.13 Å². The number of carbonyl (C=O) groups excluding carboxylic acids is 2. The maximum Gasteiger partial charge on any atom is 0.514 e. The monoisotopic (exact) mass is 575 g/mol. The van der Waals surface area contributed by atoms with E-state index in [1.165, 1.54) is 0 Å². The zero-order valence-corrected chi connectivity index (χ0v) is 20.1. The molecule has 34 heavy (non-hydrogen) atoms. The predicted molar refractivity (Wildman–Crippen MR) is 131 cm³/mol. The predicted octanol–water partition coefficient (Wildman–Crippen LogP) is 4.93. The minimum Gasteiger partial charge on any atom is -0.480 e. The van der Waals surface area contributed by atoms with Gasteiger partial charge in [-0.3, -0.25) is 0 Å². The van der Waals surface area contributed by atoms with E-state index in [1.807, 2.05) is 71.1 Å². The average Bonchev–Trinajstić information content (AvgIpc) is 2.84. The minimum absolute atomic E-state index is 0.0184. The number of halogens is 1. The standard InChI is InChI=1S/C25H22INO7/c26-20-13-19(11-12-22(20)34-25(31)33-16-18-9-5-2-6-10-18)14-21(23(28)29)27-24(30)32-15-17-7-3-1-4-8-17/h1-13,21H,14-16H2,(H,27,30)(H,28,29)/t21-/m0/s1. The normalized spacial score (nSPS) is 11.2. The number of aliphatic carboxylic acids is 1. The second-order valence-corrected chi connectivity index (χ2v) is 8.35. The molecule has 0 spiro atoms. The van der Waals surface area contributed by atoms with Crippen molar-refractivity contribution in [3.63, 3.8) is 0 Å². The van der Waals surface area contributed by atoms with Crippen LogP contribution in [0.1, 0.15) is 16.7 Å². The molecular weight excluding hydrogens is 553 g/mol. The van der Waals surface area contributed by atoms with Crippen LogP contribution in [0.4, 0.5) is 9.59 Å². The summed E-state index contributed by atoms with van der Waals surface area (Å²) in [5, 5.41) is 11.9. The van der Waals surface area contributed by atoms with Crippen molar-refractivity contribution >= 4 is 40.8 Å². The number of carboxylic acids is 1. The number of amides is 1. The quantitative estimate of drug-likeness (QED) is 0.212. The van der Waals surface area contributed by atoms with Crippen molar-refractivity contribution < 1.29 is 33.7 Å². The Morgan fingerprint density at radius 1 is 0.824 bits per heavy atom. The van der Waals surface area contributed by atoms with Crippen LogP contribution in [-0.4, -0.2) is 29.4 Å². The molecule has 0 saturated carbocycles. The highest BCUT2D eigenvalue weighted by Crippen LogP contribution is 2.23. The van der Waals surface area contributed by atoms with Gasteiger partial charge in [0, 0.05) is 6.42 Å². The van der Waals surface area contributed by atoms with Crippen molar-refractivity contribution in [1.82, 2.24) is 5.32 Å². The number of alkyl carbamates (subject to hydrolysis) is 1. The largest absolute Gasteiger partial charge is 0.514 e. The third-order valence-corrected chi connectivity index (χ3v) is 5.47. The van der Waals surface area contributed by atoms with E-state index < -0.39 is 24.3 Å². The zero-order chi connectivity index (χ0) is 24.3. The van der Waals surface area contributed by atoms with Gasteiger partial charge in [0.2, 0.25) is 0 Å². The van der Waals surface area contributed by atoms with Crippen LogP contribution in [0.25, 0.3) is 0 Å². The molecule has 176 valence electrons. The van der Waals surface area contributed by atoms with Crippen molar-refractivity contribution in [3.05, 3.63) is 99.1 Å². The van der Waals surface area contributed by atoms with Crippen LogP contribution < -0.4 is 10.1 Å². The second-order valence-electron chi connectivity index (χ2n) is 7.19. The molecule has 0 bridgehead atoms. The highest BCUT2D eigenvalue weighted by molar-refractivity contribution is 14.1. The molecule has 3 rings (SSSR count). The van der Waals surface area contributed by atoms with Gasteiger partial charge in [0.05, 0.1) is 3.57 Å². The molecule has 1 amide bonds. The third-order valence-electron chi connectivity index (χ3n) is 4.63. The first-order valence-corrected chi connectivity index (χ1v) is 11.4. The molecule has 0 fully saturated rings. The molecule has 0 aliphatic heterocycles. The molecule has 0 unspecified atom stereocenters. The van der Waals surface area contributed by atoms with Crippen LogP contribution in [0.3, 0.4) is 0 Å². The summed E-state index contributed by atoms with van der Waals surface area (Å²) >= 11 is 1.98. The molecule has 0 aliphatic rings. The summed E-state index contributed by atoms with van der Waals surface area (Å²) in [4.78, 5) is 35.7. The fourth-order valence-corrected chi connectivity index (χ4v) is 3.62. The lowest BCUT2D eigenvalue weighted by atomic mass is 10.1. The van der Waals surface area contributed by atoms with Gasteiger partial charge in [-0.2, -0.15) is 0 Å². The summed E-state index contributed by atoms with van der Waals surface area (Å²) in [5.41, 5.74) is 2.25. The van der Waals surface area contributed by atoms with Gasteiger partial charge in [-0.05, 0) is 51.4 Å². The molecule has 0 aromatic heterocycles. The van der Waals surface area contributed by atoms with Crippen LogP contribution >= 0.6 is 22.6 Å². The summed E-state index contributed by atoms with van der Waals surface area (Å²) in [6, 6.07) is 21.9. The first-order valence-electron chi connectivity index (χ1n) is 10.3. The van der Waals surface area contributed by atoms with Crippen LogP contribution in [0.5, 0.6) is 5.75 Å². The van der Waals surface area contributed by atoms with Crippen molar-refractivity contribution in [2.24, 2.45) is 0 Å². The Balaban J connectivity index is 1.52. The fourth-order valence-electron chi connectivity index (χ4n) is 2.93. The van der Waals surface area contributed by atoms with Gasteiger partial charge >= 0.3 is 18.2 Å². The Morgan fingerprint density at radius 2 is 1.41 bits per heavy atom. The number of carbonyl (C=O) groups is 3. The topological polar surface area (TPSA) is 111 Å². The van der Waals surface area contributed by atoms with Gasteiger partial charge in [-0.1, -0.05) is 66.7 Å². The van der Waals surface area contributed by atoms with Crippen LogP contribution in [0.2, 0.25) is 0 Å². The van der Waals surface area contributed by atoms with Gasteiger partial charge in [0.1, 0.15) is 25.0 Å². The van der Waals surface area contributed by atoms with E-state index in [1.54, 1.807) is 30.3 Å². The molecule has 0 radical (unpaired) electrons. The first-order chi connectivity index (χ1) is 16.4. The molecule has 0 aliphatic carbocycles. The Hall–Kier alpha value is -3.60. The lowest BCUT2D eigenvalue weighted by Gasteiger charge is -2.15. The van der Waals surface area contributed by atoms with E-state index in [0.717, 1.165) is 11.1 Å². The van der Waals surface area contributed by atoms with Crippen LogP contribution in [-0.2, 0) is 33.9 Å². The Bertz CT molecular complexity index is 1120. The van der Waals surface area contributed by atoms with E-state index in [-0.39, 0.29) is 25.4 Å². The lowest BCUT2D eigenvalue weighted by molar-refractivity contribution is -0.139. The lowest BCUT2D eigenvalue weighted by Crippen LogP contribution is -2.42. The first kappa shape index (κ1) is 25.0. The number of hydrogen-bond acceptors (Lipinski definition) is 6. The van der Waals surface area contributed by atoms with Crippen molar-refractivity contribution in [3.8, 4) is 5.75 Å². The maximum absolute atomic E-state index is 12.1. The summed E-state index contributed by atoms with van der Waals surface area (Å²) < 4.78 is 16.0. The molecule has 0 saturated heterocycles. The maximum atomic E-state index is 12.1. The van der Waals surface area contributed by atoms with Gasteiger partial charge in [0.15, 0.2) is 0 Å². The molecule has 3 aromatic carbocycles. The summed E-state index contributed by atoms with van der Waals surface area (Å²) in [6.45, 7) is 0.115. The van der Waals surface area contributed by atoms with Crippen molar-refractivity contribution in [1.29, 1.82) is 0 Å². The van der Waals surface area contributed by atoms with Gasteiger partial charge < -0.3 is 24.6 Å². The Labute approximate surface area is 210 Å². The average molecular weight is 575 g/mol. The highest BCUT2D eigenvalue weighted by atomic mass is 127. The Morgan fingerprint density at radius 3 is 1.97 bits per heavy atom. The van der Waals surface area contributed by atoms with Crippen LogP contribution in [0, 0.1) is 3.57 Å². The number of nitrogens with one attached hydrogen (secondary N) is 1. The summed E-state index contributed by atoms with van der Waals surface area (Å²) in [5.74, 6) is -0.916. The van der Waals surface area contributed by atoms with Gasteiger partial charge in [0.25, 0.3) is 0 Å². The molecule has 0 heterocycles. The van der Waals surface area contributed by atoms with Gasteiger partial charge in [-0.15, -0.1) is 0 Å². The number of benzene rings is 3. The molecule has 2 N–H and O–H groups in total. The van der Waals surface area contributed by atoms with E-state index in [4.69, 9.17) is 14.2 Å². The number of ether oxygens (including phenoxy) is 3. The Kier molecular flexibility index (Phi) is 9.27. The third kappa shape index (κ3) is 8.07.